The van der Waals surface area contributed by atoms with Crippen molar-refractivity contribution in [2.24, 2.45) is 0 Å². The van der Waals surface area contributed by atoms with Crippen LogP contribution in [0.5, 0.6) is 0 Å². The van der Waals surface area contributed by atoms with Gasteiger partial charge in [-0.2, -0.15) is 0 Å². The molecular weight excluding hydrogens is 285 g/mol. The van der Waals surface area contributed by atoms with Gasteiger partial charge in [0.1, 0.15) is 5.82 Å². The number of carboxylic acid groups (broad SMARTS) is 1. The summed E-state index contributed by atoms with van der Waals surface area (Å²) in [4.78, 5) is 10.5. The van der Waals surface area contributed by atoms with Crippen LogP contribution in [0.3, 0.4) is 0 Å². The zero-order chi connectivity index (χ0) is 14.8. The summed E-state index contributed by atoms with van der Waals surface area (Å²) in [5, 5.41) is 8.74. The van der Waals surface area contributed by atoms with Crippen molar-refractivity contribution in [3.8, 4) is 0 Å². The number of halogens is 1. The van der Waals surface area contributed by atoms with Gasteiger partial charge < -0.3 is 5.11 Å². The van der Waals surface area contributed by atoms with E-state index in [0.717, 1.165) is 12.1 Å². The topological polar surface area (TPSA) is 83.5 Å². The van der Waals surface area contributed by atoms with Crippen molar-refractivity contribution in [1.29, 1.82) is 0 Å². The Kier molecular flexibility index (Phi) is 3.71. The first-order chi connectivity index (χ1) is 9.38. The lowest BCUT2D eigenvalue weighted by Crippen LogP contribution is -2.13. The molecule has 0 aliphatic heterocycles. The molecule has 0 aromatic heterocycles. The van der Waals surface area contributed by atoms with Gasteiger partial charge in [0.15, 0.2) is 0 Å². The molecule has 2 rings (SSSR count). The molecule has 2 N–H and O–H groups in total. The van der Waals surface area contributed by atoms with E-state index in [1.54, 1.807) is 0 Å². The van der Waals surface area contributed by atoms with Gasteiger partial charge in [-0.15, -0.1) is 0 Å². The minimum Gasteiger partial charge on any atom is -0.478 e. The average molecular weight is 295 g/mol. The van der Waals surface area contributed by atoms with Crippen LogP contribution in [0.25, 0.3) is 0 Å². The molecule has 2 aromatic rings. The fourth-order valence-corrected chi connectivity index (χ4v) is 2.62. The summed E-state index contributed by atoms with van der Waals surface area (Å²) in [5.74, 6) is -1.77. The number of anilines is 1. The molecule has 0 atom stereocenters. The highest BCUT2D eigenvalue weighted by molar-refractivity contribution is 7.92. The minimum atomic E-state index is -3.91. The van der Waals surface area contributed by atoms with E-state index in [0.29, 0.717) is 0 Å². The van der Waals surface area contributed by atoms with Gasteiger partial charge in [-0.05, 0) is 42.5 Å². The number of sulfonamides is 1. The van der Waals surface area contributed by atoms with Crippen molar-refractivity contribution < 1.29 is 22.7 Å². The summed E-state index contributed by atoms with van der Waals surface area (Å²) < 4.78 is 39.2. The van der Waals surface area contributed by atoms with Crippen LogP contribution in [0.15, 0.2) is 53.4 Å². The van der Waals surface area contributed by atoms with Gasteiger partial charge in [-0.1, -0.05) is 6.07 Å². The monoisotopic (exact) mass is 295 g/mol. The Morgan fingerprint density at radius 3 is 2.30 bits per heavy atom. The average Bonchev–Trinajstić information content (AvgIpc) is 2.39. The number of hydrogen-bond acceptors (Lipinski definition) is 3. The van der Waals surface area contributed by atoms with E-state index in [2.05, 4.69) is 4.72 Å². The van der Waals surface area contributed by atoms with E-state index < -0.39 is 21.8 Å². The maximum Gasteiger partial charge on any atom is 0.335 e. The van der Waals surface area contributed by atoms with Gasteiger partial charge in [0.05, 0.1) is 10.5 Å². The zero-order valence-corrected chi connectivity index (χ0v) is 10.9. The Hall–Kier alpha value is -2.41. The predicted molar refractivity (Wildman–Crippen MR) is 70.6 cm³/mol. The first-order valence-corrected chi connectivity index (χ1v) is 6.98. The SMILES string of the molecule is O=C(O)c1ccc(NS(=O)(=O)c2cccc(F)c2)cc1. The maximum atomic E-state index is 13.0. The molecule has 0 unspecified atom stereocenters. The van der Waals surface area contributed by atoms with Gasteiger partial charge in [-0.25, -0.2) is 17.6 Å². The van der Waals surface area contributed by atoms with Crippen molar-refractivity contribution in [3.05, 3.63) is 59.9 Å². The minimum absolute atomic E-state index is 0.0405. The van der Waals surface area contributed by atoms with Crippen molar-refractivity contribution in [2.45, 2.75) is 4.90 Å². The highest BCUT2D eigenvalue weighted by Gasteiger charge is 2.15. The number of aromatic carboxylic acids is 1. The number of hydrogen-bond donors (Lipinski definition) is 2. The van der Waals surface area contributed by atoms with E-state index in [1.165, 1.54) is 36.4 Å². The number of rotatable bonds is 4. The Balaban J connectivity index is 2.26. The summed E-state index contributed by atoms with van der Waals surface area (Å²) in [6.07, 6.45) is 0. The second-order valence-corrected chi connectivity index (χ2v) is 5.63. The standard InChI is InChI=1S/C13H10FNO4S/c14-10-2-1-3-12(8-10)20(18,19)15-11-6-4-9(5-7-11)13(16)17/h1-8,15H,(H,16,17). The fraction of sp³-hybridized carbons (Fsp3) is 0. The smallest absolute Gasteiger partial charge is 0.335 e. The van der Waals surface area contributed by atoms with Crippen LogP contribution < -0.4 is 4.72 Å². The summed E-state index contributed by atoms with van der Waals surface area (Å²) in [7, 11) is -3.91. The number of benzene rings is 2. The highest BCUT2D eigenvalue weighted by atomic mass is 32.2. The third-order valence-corrected chi connectivity index (χ3v) is 3.87. The number of carbonyl (C=O) groups is 1. The van der Waals surface area contributed by atoms with E-state index in [4.69, 9.17) is 5.11 Å². The van der Waals surface area contributed by atoms with Crippen LogP contribution >= 0.6 is 0 Å². The van der Waals surface area contributed by atoms with Crippen LogP contribution in [0.2, 0.25) is 0 Å². The van der Waals surface area contributed by atoms with Gasteiger partial charge >= 0.3 is 5.97 Å². The molecule has 0 fully saturated rings. The molecule has 0 spiro atoms. The molecule has 0 aliphatic carbocycles. The quantitative estimate of drug-likeness (QED) is 0.906. The fourth-order valence-electron chi connectivity index (χ4n) is 1.53. The Morgan fingerprint density at radius 2 is 1.75 bits per heavy atom. The van der Waals surface area contributed by atoms with Crippen LogP contribution in [0.4, 0.5) is 10.1 Å². The normalized spacial score (nSPS) is 11.1. The summed E-state index contributed by atoms with van der Waals surface area (Å²) in [6, 6.07) is 9.77. The molecule has 0 saturated carbocycles. The zero-order valence-electron chi connectivity index (χ0n) is 10.1. The number of nitrogens with one attached hydrogen (secondary N) is 1. The molecule has 0 heterocycles. The summed E-state index contributed by atoms with van der Waals surface area (Å²) in [6.45, 7) is 0. The van der Waals surface area contributed by atoms with Gasteiger partial charge in [0, 0.05) is 5.69 Å². The first-order valence-electron chi connectivity index (χ1n) is 5.50. The third-order valence-electron chi connectivity index (χ3n) is 2.49. The second-order valence-electron chi connectivity index (χ2n) is 3.95. The van der Waals surface area contributed by atoms with E-state index in [9.17, 15) is 17.6 Å². The van der Waals surface area contributed by atoms with Crippen LogP contribution in [-0.2, 0) is 10.0 Å². The van der Waals surface area contributed by atoms with Crippen LogP contribution in [-0.4, -0.2) is 19.5 Å². The van der Waals surface area contributed by atoms with Gasteiger partial charge in [0.2, 0.25) is 0 Å². The largest absolute Gasteiger partial charge is 0.478 e. The first kappa shape index (κ1) is 14.0. The molecule has 0 radical (unpaired) electrons. The molecule has 0 amide bonds. The van der Waals surface area contributed by atoms with Crippen molar-refractivity contribution in [2.75, 3.05) is 4.72 Å². The van der Waals surface area contributed by atoms with Gasteiger partial charge in [-0.3, -0.25) is 4.72 Å². The molecule has 20 heavy (non-hydrogen) atoms. The van der Waals surface area contributed by atoms with Crippen molar-refractivity contribution in [1.82, 2.24) is 0 Å². The molecule has 104 valence electrons. The van der Waals surface area contributed by atoms with E-state index in [1.807, 2.05) is 0 Å². The molecule has 0 aliphatic rings. The molecule has 0 saturated heterocycles. The second kappa shape index (κ2) is 5.30. The summed E-state index contributed by atoms with van der Waals surface area (Å²) >= 11 is 0. The van der Waals surface area contributed by atoms with Crippen LogP contribution in [0, 0.1) is 5.82 Å². The lowest BCUT2D eigenvalue weighted by atomic mass is 10.2. The predicted octanol–water partition coefficient (Wildman–Crippen LogP) is 2.32. The van der Waals surface area contributed by atoms with Crippen molar-refractivity contribution >= 4 is 21.7 Å². The highest BCUT2D eigenvalue weighted by Crippen LogP contribution is 2.17. The third kappa shape index (κ3) is 3.12. The molecule has 0 bridgehead atoms. The van der Waals surface area contributed by atoms with Crippen LogP contribution in [0.1, 0.15) is 10.4 Å². The Bertz CT molecular complexity index is 741. The lowest BCUT2D eigenvalue weighted by Gasteiger charge is -2.08. The number of carboxylic acids is 1. The van der Waals surface area contributed by atoms with Crippen molar-refractivity contribution in [3.63, 3.8) is 0 Å². The maximum absolute atomic E-state index is 13.0. The Morgan fingerprint density at radius 1 is 1.10 bits per heavy atom. The lowest BCUT2D eigenvalue weighted by molar-refractivity contribution is 0.0697. The molecular formula is C13H10FNO4S. The van der Waals surface area contributed by atoms with E-state index >= 15 is 0 Å². The van der Waals surface area contributed by atoms with E-state index in [-0.39, 0.29) is 16.1 Å². The van der Waals surface area contributed by atoms with Gasteiger partial charge in [0.25, 0.3) is 10.0 Å². The molecule has 5 nitrogen and oxygen atoms in total. The molecule has 2 aromatic carbocycles. The molecule has 7 heteroatoms. The Labute approximate surface area is 114 Å². The summed E-state index contributed by atoms with van der Waals surface area (Å²) in [5.41, 5.74) is 0.234.